The van der Waals surface area contributed by atoms with Crippen LogP contribution in [0.3, 0.4) is 0 Å². The van der Waals surface area contributed by atoms with Gasteiger partial charge in [-0.15, -0.1) is 0 Å². The molecule has 1 aromatic heterocycles. The Balaban J connectivity index is 2.28. The highest BCUT2D eigenvalue weighted by Crippen LogP contribution is 2.23. The Morgan fingerprint density at radius 1 is 1.10 bits per heavy atom. The van der Waals surface area contributed by atoms with Gasteiger partial charge in [0.05, 0.1) is 11.6 Å². The Labute approximate surface area is 118 Å². The van der Waals surface area contributed by atoms with Crippen molar-refractivity contribution < 1.29 is 0 Å². The zero-order valence-corrected chi connectivity index (χ0v) is 11.6. The van der Waals surface area contributed by atoms with Crippen molar-refractivity contribution in [3.8, 4) is 6.07 Å². The van der Waals surface area contributed by atoms with Gasteiger partial charge in [0.15, 0.2) is 0 Å². The van der Waals surface area contributed by atoms with Gasteiger partial charge in [-0.25, -0.2) is 9.97 Å². The summed E-state index contributed by atoms with van der Waals surface area (Å²) in [6.07, 6.45) is 2.38. The third kappa shape index (κ3) is 3.04. The molecule has 2 aromatic rings. The normalized spacial score (nSPS) is 9.85. The molecule has 0 saturated heterocycles. The van der Waals surface area contributed by atoms with Gasteiger partial charge in [-0.2, -0.15) is 5.26 Å². The van der Waals surface area contributed by atoms with Crippen LogP contribution in [0.5, 0.6) is 0 Å². The lowest BCUT2D eigenvalue weighted by Gasteiger charge is -2.13. The van der Waals surface area contributed by atoms with E-state index in [4.69, 9.17) is 5.26 Å². The topological polar surface area (TPSA) is 73.6 Å². The van der Waals surface area contributed by atoms with Crippen molar-refractivity contribution in [2.45, 2.75) is 20.3 Å². The quantitative estimate of drug-likeness (QED) is 0.870. The molecule has 1 heterocycles. The number of nitrogens with one attached hydrogen (secondary N) is 2. The van der Waals surface area contributed by atoms with Crippen LogP contribution in [-0.4, -0.2) is 16.5 Å². The first-order valence-corrected chi connectivity index (χ1v) is 6.63. The molecule has 0 aliphatic heterocycles. The molecule has 5 heteroatoms. The third-order valence-corrected chi connectivity index (χ3v) is 2.92. The van der Waals surface area contributed by atoms with Crippen LogP contribution in [0.2, 0.25) is 0 Å². The van der Waals surface area contributed by atoms with E-state index in [1.807, 2.05) is 19.1 Å². The number of aromatic nitrogens is 2. The second kappa shape index (κ2) is 6.53. The molecule has 0 spiro atoms. The van der Waals surface area contributed by atoms with Crippen LogP contribution in [-0.2, 0) is 6.42 Å². The van der Waals surface area contributed by atoms with Gasteiger partial charge in [0.25, 0.3) is 0 Å². The largest absolute Gasteiger partial charge is 0.370 e. The Hall–Kier alpha value is -2.61. The Kier molecular flexibility index (Phi) is 4.51. The first kappa shape index (κ1) is 13.8. The molecule has 0 fully saturated rings. The van der Waals surface area contributed by atoms with E-state index in [2.05, 4.69) is 33.6 Å². The minimum absolute atomic E-state index is 0.641. The van der Waals surface area contributed by atoms with Crippen LogP contribution in [0.1, 0.15) is 25.0 Å². The lowest BCUT2D eigenvalue weighted by atomic mass is 10.2. The van der Waals surface area contributed by atoms with E-state index < -0.39 is 0 Å². The van der Waals surface area contributed by atoms with Crippen molar-refractivity contribution in [3.63, 3.8) is 0 Å². The van der Waals surface area contributed by atoms with Gasteiger partial charge < -0.3 is 10.6 Å². The van der Waals surface area contributed by atoms with E-state index in [0.717, 1.165) is 35.9 Å². The highest BCUT2D eigenvalue weighted by atomic mass is 15.1. The minimum Gasteiger partial charge on any atom is -0.370 e. The summed E-state index contributed by atoms with van der Waals surface area (Å²) in [7, 11) is 0. The van der Waals surface area contributed by atoms with Crippen molar-refractivity contribution in [3.05, 3.63) is 41.7 Å². The summed E-state index contributed by atoms with van der Waals surface area (Å²) in [6, 6.07) is 9.40. The molecule has 0 atom stereocenters. The van der Waals surface area contributed by atoms with Gasteiger partial charge in [-0.05, 0) is 37.6 Å². The van der Waals surface area contributed by atoms with Gasteiger partial charge in [-0.1, -0.05) is 6.92 Å². The van der Waals surface area contributed by atoms with E-state index >= 15 is 0 Å². The lowest BCUT2D eigenvalue weighted by molar-refractivity contribution is 1.03. The Morgan fingerprint density at radius 3 is 2.40 bits per heavy atom. The number of nitriles is 1. The number of rotatable bonds is 5. The van der Waals surface area contributed by atoms with E-state index in [-0.39, 0.29) is 0 Å². The van der Waals surface area contributed by atoms with Crippen molar-refractivity contribution >= 4 is 17.3 Å². The van der Waals surface area contributed by atoms with Gasteiger partial charge in [0.2, 0.25) is 0 Å². The van der Waals surface area contributed by atoms with Gasteiger partial charge >= 0.3 is 0 Å². The maximum atomic E-state index is 8.80. The third-order valence-electron chi connectivity index (χ3n) is 2.92. The molecule has 0 unspecified atom stereocenters. The highest BCUT2D eigenvalue weighted by molar-refractivity contribution is 5.65. The van der Waals surface area contributed by atoms with Crippen LogP contribution in [0.25, 0.3) is 0 Å². The number of anilines is 3. The van der Waals surface area contributed by atoms with Crippen LogP contribution >= 0.6 is 0 Å². The summed E-state index contributed by atoms with van der Waals surface area (Å²) in [6.45, 7) is 4.93. The van der Waals surface area contributed by atoms with E-state index in [1.165, 1.54) is 0 Å². The standard InChI is InChI=1S/C15H17N5/c1-3-13-14(17-4-2)18-10-19-15(13)20-12-7-5-11(9-16)6-8-12/h5-8,10H,3-4H2,1-2H3,(H2,17,18,19,20). The highest BCUT2D eigenvalue weighted by Gasteiger charge is 2.09. The summed E-state index contributed by atoms with van der Waals surface area (Å²) >= 11 is 0. The van der Waals surface area contributed by atoms with Crippen molar-refractivity contribution in [2.24, 2.45) is 0 Å². The second-order valence-corrected chi connectivity index (χ2v) is 4.25. The molecule has 5 nitrogen and oxygen atoms in total. The molecule has 2 N–H and O–H groups in total. The molecule has 0 bridgehead atoms. The monoisotopic (exact) mass is 267 g/mol. The predicted molar refractivity (Wildman–Crippen MR) is 80.0 cm³/mol. The van der Waals surface area contributed by atoms with Crippen LogP contribution in [0, 0.1) is 11.3 Å². The number of hydrogen-bond donors (Lipinski definition) is 2. The summed E-state index contributed by atoms with van der Waals surface area (Å²) in [5.41, 5.74) is 2.60. The maximum absolute atomic E-state index is 8.80. The minimum atomic E-state index is 0.641. The van der Waals surface area contributed by atoms with Gasteiger partial charge in [0.1, 0.15) is 18.0 Å². The predicted octanol–water partition coefficient (Wildman–Crippen LogP) is 3.09. The SMILES string of the molecule is CCNc1ncnc(Nc2ccc(C#N)cc2)c1CC. The first-order valence-electron chi connectivity index (χ1n) is 6.63. The fourth-order valence-electron chi connectivity index (χ4n) is 1.94. The second-order valence-electron chi connectivity index (χ2n) is 4.25. The first-order chi connectivity index (χ1) is 9.78. The van der Waals surface area contributed by atoms with Crippen LogP contribution in [0.15, 0.2) is 30.6 Å². The summed E-state index contributed by atoms with van der Waals surface area (Å²) in [4.78, 5) is 8.57. The Morgan fingerprint density at radius 2 is 1.80 bits per heavy atom. The summed E-state index contributed by atoms with van der Waals surface area (Å²) in [5, 5.41) is 15.3. The molecule has 20 heavy (non-hydrogen) atoms. The van der Waals surface area contributed by atoms with Crippen LogP contribution in [0.4, 0.5) is 17.3 Å². The number of nitrogens with zero attached hydrogens (tertiary/aromatic N) is 3. The van der Waals surface area contributed by atoms with Crippen molar-refractivity contribution in [2.75, 3.05) is 17.2 Å². The van der Waals surface area contributed by atoms with E-state index in [1.54, 1.807) is 18.5 Å². The zero-order chi connectivity index (χ0) is 14.4. The number of benzene rings is 1. The molecule has 0 aliphatic rings. The smallest absolute Gasteiger partial charge is 0.139 e. The molecule has 0 amide bonds. The molecule has 2 rings (SSSR count). The lowest BCUT2D eigenvalue weighted by Crippen LogP contribution is -2.07. The average Bonchev–Trinajstić information content (AvgIpc) is 2.49. The molecule has 0 aliphatic carbocycles. The van der Waals surface area contributed by atoms with Gasteiger partial charge in [-0.3, -0.25) is 0 Å². The average molecular weight is 267 g/mol. The van der Waals surface area contributed by atoms with E-state index in [0.29, 0.717) is 5.56 Å². The van der Waals surface area contributed by atoms with Crippen LogP contribution < -0.4 is 10.6 Å². The molecule has 1 aromatic carbocycles. The van der Waals surface area contributed by atoms with Crippen molar-refractivity contribution in [1.29, 1.82) is 5.26 Å². The summed E-state index contributed by atoms with van der Waals surface area (Å²) < 4.78 is 0. The molecular weight excluding hydrogens is 250 g/mol. The molecular formula is C15H17N5. The van der Waals surface area contributed by atoms with Crippen molar-refractivity contribution in [1.82, 2.24) is 9.97 Å². The summed E-state index contributed by atoms with van der Waals surface area (Å²) in [5.74, 6) is 1.66. The zero-order valence-electron chi connectivity index (χ0n) is 11.6. The fraction of sp³-hybridized carbons (Fsp3) is 0.267. The molecule has 102 valence electrons. The number of hydrogen-bond acceptors (Lipinski definition) is 5. The Bertz CT molecular complexity index is 613. The molecule has 0 radical (unpaired) electrons. The molecule has 0 saturated carbocycles. The van der Waals surface area contributed by atoms with Gasteiger partial charge in [0, 0.05) is 17.8 Å². The van der Waals surface area contributed by atoms with E-state index in [9.17, 15) is 0 Å². The fourth-order valence-corrected chi connectivity index (χ4v) is 1.94. The maximum Gasteiger partial charge on any atom is 0.139 e.